The molecule has 1 aliphatic heterocycles. The van der Waals surface area contributed by atoms with Crippen LogP contribution in [0, 0.1) is 6.92 Å². The van der Waals surface area contributed by atoms with E-state index < -0.39 is 16.0 Å². The van der Waals surface area contributed by atoms with Gasteiger partial charge in [0.05, 0.1) is 11.3 Å². The maximum Gasteiger partial charge on any atom is 0.307 e. The molecule has 0 radical (unpaired) electrons. The van der Waals surface area contributed by atoms with Gasteiger partial charge in [-0.2, -0.15) is 4.31 Å². The summed E-state index contributed by atoms with van der Waals surface area (Å²) in [7, 11) is -3.65. The minimum Gasteiger partial charge on any atom is -0.481 e. The van der Waals surface area contributed by atoms with Crippen molar-refractivity contribution in [3.05, 3.63) is 59.2 Å². The van der Waals surface area contributed by atoms with Gasteiger partial charge in [0.1, 0.15) is 0 Å². The third kappa shape index (κ3) is 4.54. The van der Waals surface area contributed by atoms with Gasteiger partial charge in [0.15, 0.2) is 0 Å². The Morgan fingerprint density at radius 3 is 2.39 bits per heavy atom. The Hall–Kier alpha value is -2.38. The Labute approximate surface area is 166 Å². The van der Waals surface area contributed by atoms with Gasteiger partial charge in [-0.3, -0.25) is 4.79 Å². The zero-order valence-corrected chi connectivity index (χ0v) is 17.1. The van der Waals surface area contributed by atoms with Gasteiger partial charge in [0.25, 0.3) is 0 Å². The van der Waals surface area contributed by atoms with E-state index in [-0.39, 0.29) is 11.3 Å². The molecule has 2 aromatic carbocycles. The lowest BCUT2D eigenvalue weighted by molar-refractivity contribution is -0.136. The number of carboxylic acids is 1. The monoisotopic (exact) mass is 402 g/mol. The lowest BCUT2D eigenvalue weighted by Gasteiger charge is -2.35. The predicted octanol–water partition coefficient (Wildman–Crippen LogP) is 2.70. The first-order valence-corrected chi connectivity index (χ1v) is 10.9. The van der Waals surface area contributed by atoms with Gasteiger partial charge < -0.3 is 10.0 Å². The number of aliphatic carboxylic acids is 1. The van der Waals surface area contributed by atoms with E-state index in [9.17, 15) is 13.2 Å². The van der Waals surface area contributed by atoms with Crippen molar-refractivity contribution in [2.45, 2.75) is 31.6 Å². The highest BCUT2D eigenvalue weighted by molar-refractivity contribution is 7.89. The lowest BCUT2D eigenvalue weighted by atomic mass is 10.1. The van der Waals surface area contributed by atoms with Gasteiger partial charge in [-0.1, -0.05) is 25.1 Å². The standard InChI is InChI=1S/C21H26N2O4S/c1-3-17-5-4-6-19(13-17)22-7-9-23(10-8-22)28(26,27)20-12-16(2)11-18(14-20)15-21(24)25/h4-6,11-14H,3,7-10,15H2,1-2H3,(H,24,25). The van der Waals surface area contributed by atoms with Crippen LogP contribution in [0.25, 0.3) is 0 Å². The average Bonchev–Trinajstić information content (AvgIpc) is 2.67. The van der Waals surface area contributed by atoms with Gasteiger partial charge >= 0.3 is 5.97 Å². The van der Waals surface area contributed by atoms with Crippen LogP contribution in [0.15, 0.2) is 47.4 Å². The number of piperazine rings is 1. The van der Waals surface area contributed by atoms with Crippen LogP contribution in [0.3, 0.4) is 0 Å². The van der Waals surface area contributed by atoms with Gasteiger partial charge in [0, 0.05) is 31.9 Å². The van der Waals surface area contributed by atoms with E-state index in [1.165, 1.54) is 15.9 Å². The molecule has 150 valence electrons. The molecule has 3 rings (SSSR count). The fraction of sp³-hybridized carbons (Fsp3) is 0.381. The molecule has 28 heavy (non-hydrogen) atoms. The molecule has 1 heterocycles. The first-order valence-electron chi connectivity index (χ1n) is 9.46. The smallest absolute Gasteiger partial charge is 0.307 e. The lowest BCUT2D eigenvalue weighted by Crippen LogP contribution is -2.48. The number of rotatable bonds is 6. The molecule has 1 fully saturated rings. The van der Waals surface area contributed by atoms with Crippen LogP contribution in [0.2, 0.25) is 0 Å². The SMILES string of the molecule is CCc1cccc(N2CCN(S(=O)(=O)c3cc(C)cc(CC(=O)O)c3)CC2)c1. The van der Waals surface area contributed by atoms with Crippen LogP contribution in [0.5, 0.6) is 0 Å². The summed E-state index contributed by atoms with van der Waals surface area (Å²) in [5.41, 5.74) is 3.63. The third-order valence-corrected chi connectivity index (χ3v) is 6.90. The molecule has 1 saturated heterocycles. The number of nitrogens with zero attached hydrogens (tertiary/aromatic N) is 2. The molecule has 1 aliphatic rings. The van der Waals surface area contributed by atoms with Crippen molar-refractivity contribution in [2.75, 3.05) is 31.1 Å². The summed E-state index contributed by atoms with van der Waals surface area (Å²) in [6, 6.07) is 13.1. The molecule has 0 bridgehead atoms. The normalized spacial score (nSPS) is 15.6. The largest absolute Gasteiger partial charge is 0.481 e. The second-order valence-corrected chi connectivity index (χ2v) is 9.08. The van der Waals surface area contributed by atoms with E-state index in [0.29, 0.717) is 31.7 Å². The molecular formula is C21H26N2O4S. The van der Waals surface area contributed by atoms with Crippen molar-refractivity contribution in [3.8, 4) is 0 Å². The molecule has 0 unspecified atom stereocenters. The van der Waals surface area contributed by atoms with Crippen molar-refractivity contribution < 1.29 is 18.3 Å². The molecule has 6 nitrogen and oxygen atoms in total. The molecule has 0 spiro atoms. The quantitative estimate of drug-likeness (QED) is 0.804. The van der Waals surface area contributed by atoms with Crippen LogP contribution in [-0.2, 0) is 27.7 Å². The maximum absolute atomic E-state index is 13.1. The van der Waals surface area contributed by atoms with E-state index in [2.05, 4.69) is 30.0 Å². The van der Waals surface area contributed by atoms with Gasteiger partial charge in [-0.15, -0.1) is 0 Å². The number of anilines is 1. The molecule has 7 heteroatoms. The average molecular weight is 403 g/mol. The topological polar surface area (TPSA) is 77.9 Å². The number of sulfonamides is 1. The predicted molar refractivity (Wildman–Crippen MR) is 109 cm³/mol. The van der Waals surface area contributed by atoms with Crippen LogP contribution < -0.4 is 4.90 Å². The number of hydrogen-bond donors (Lipinski definition) is 1. The fourth-order valence-electron chi connectivity index (χ4n) is 3.56. The van der Waals surface area contributed by atoms with Gasteiger partial charge in [-0.05, 0) is 54.3 Å². The van der Waals surface area contributed by atoms with Crippen LogP contribution in [0.4, 0.5) is 5.69 Å². The zero-order chi connectivity index (χ0) is 20.3. The van der Waals surface area contributed by atoms with Crippen molar-refractivity contribution in [3.63, 3.8) is 0 Å². The van der Waals surface area contributed by atoms with Crippen molar-refractivity contribution in [2.24, 2.45) is 0 Å². The molecule has 0 saturated carbocycles. The Bertz CT molecular complexity index is 964. The second kappa shape index (κ2) is 8.32. The third-order valence-electron chi connectivity index (χ3n) is 5.03. The zero-order valence-electron chi connectivity index (χ0n) is 16.3. The molecule has 0 amide bonds. The maximum atomic E-state index is 13.1. The van der Waals surface area contributed by atoms with Gasteiger partial charge in [0.2, 0.25) is 10.0 Å². The second-order valence-electron chi connectivity index (χ2n) is 7.14. The summed E-state index contributed by atoms with van der Waals surface area (Å²) in [4.78, 5) is 13.4. The number of carbonyl (C=O) groups is 1. The highest BCUT2D eigenvalue weighted by Crippen LogP contribution is 2.24. The first kappa shape index (κ1) is 20.4. The molecular weight excluding hydrogens is 376 g/mol. The minimum absolute atomic E-state index is 0.171. The molecule has 0 atom stereocenters. The van der Waals surface area contributed by atoms with Crippen molar-refractivity contribution >= 4 is 21.7 Å². The summed E-state index contributed by atoms with van der Waals surface area (Å²) in [5, 5.41) is 9.01. The van der Waals surface area contributed by atoms with E-state index in [4.69, 9.17) is 5.11 Å². The van der Waals surface area contributed by atoms with Crippen LogP contribution >= 0.6 is 0 Å². The number of benzene rings is 2. The molecule has 0 aliphatic carbocycles. The van der Waals surface area contributed by atoms with Gasteiger partial charge in [-0.25, -0.2) is 8.42 Å². The highest BCUT2D eigenvalue weighted by atomic mass is 32.2. The van der Waals surface area contributed by atoms with E-state index in [1.54, 1.807) is 19.1 Å². The molecule has 1 N–H and O–H groups in total. The summed E-state index contributed by atoms with van der Waals surface area (Å²) in [5.74, 6) is -0.975. The number of carboxylic acid groups (broad SMARTS) is 1. The fourth-order valence-corrected chi connectivity index (χ4v) is 5.14. The Kier molecular flexibility index (Phi) is 6.05. The number of hydrogen-bond acceptors (Lipinski definition) is 4. The summed E-state index contributed by atoms with van der Waals surface area (Å²) in [6.45, 7) is 5.95. The van der Waals surface area contributed by atoms with Crippen molar-refractivity contribution in [1.29, 1.82) is 0 Å². The van der Waals surface area contributed by atoms with Crippen LogP contribution in [-0.4, -0.2) is 50.0 Å². The van der Waals surface area contributed by atoms with E-state index in [0.717, 1.165) is 17.7 Å². The highest BCUT2D eigenvalue weighted by Gasteiger charge is 2.29. The van der Waals surface area contributed by atoms with E-state index >= 15 is 0 Å². The Balaban J connectivity index is 1.76. The minimum atomic E-state index is -3.65. The Morgan fingerprint density at radius 1 is 1.04 bits per heavy atom. The summed E-state index contributed by atoms with van der Waals surface area (Å²) >= 11 is 0. The summed E-state index contributed by atoms with van der Waals surface area (Å²) < 4.78 is 27.7. The summed E-state index contributed by atoms with van der Waals surface area (Å²) in [6.07, 6.45) is 0.778. The first-order chi connectivity index (χ1) is 13.3. The van der Waals surface area contributed by atoms with Crippen molar-refractivity contribution in [1.82, 2.24) is 4.31 Å². The van der Waals surface area contributed by atoms with E-state index in [1.807, 2.05) is 6.07 Å². The molecule has 2 aromatic rings. The Morgan fingerprint density at radius 2 is 1.75 bits per heavy atom. The van der Waals surface area contributed by atoms with Crippen LogP contribution in [0.1, 0.15) is 23.6 Å². The molecule has 0 aromatic heterocycles. The number of aryl methyl sites for hydroxylation is 2.